The molecule has 1 heteroatoms. The minimum absolute atomic E-state index is 0.597. The van der Waals surface area contributed by atoms with E-state index in [1.165, 1.54) is 36.8 Å². The van der Waals surface area contributed by atoms with Crippen molar-refractivity contribution in [3.63, 3.8) is 0 Å². The van der Waals surface area contributed by atoms with Gasteiger partial charge in [-0.05, 0) is 67.5 Å². The molecule has 3 atom stereocenters. The molecule has 1 aromatic carbocycles. The quantitative estimate of drug-likeness (QED) is 0.799. The topological polar surface area (TPSA) is 12.0 Å². The van der Waals surface area contributed by atoms with Crippen molar-refractivity contribution in [1.82, 2.24) is 5.32 Å². The van der Waals surface area contributed by atoms with Crippen molar-refractivity contribution in [3.8, 4) is 0 Å². The van der Waals surface area contributed by atoms with Gasteiger partial charge in [0.1, 0.15) is 0 Å². The van der Waals surface area contributed by atoms with Crippen LogP contribution in [0.15, 0.2) is 24.3 Å². The Hall–Kier alpha value is -0.820. The van der Waals surface area contributed by atoms with Crippen LogP contribution in [0.25, 0.3) is 0 Å². The summed E-state index contributed by atoms with van der Waals surface area (Å²) in [4.78, 5) is 0. The van der Waals surface area contributed by atoms with Crippen LogP contribution >= 0.6 is 0 Å². The summed E-state index contributed by atoms with van der Waals surface area (Å²) < 4.78 is 0. The molecule has 2 fully saturated rings. The Morgan fingerprint density at radius 1 is 1.16 bits per heavy atom. The Morgan fingerprint density at radius 2 is 1.95 bits per heavy atom. The largest absolute Gasteiger partial charge is 0.310 e. The molecule has 2 aliphatic rings. The molecule has 2 aliphatic carbocycles. The molecule has 19 heavy (non-hydrogen) atoms. The number of hydrogen-bond donors (Lipinski definition) is 1. The van der Waals surface area contributed by atoms with Crippen LogP contribution in [0.2, 0.25) is 0 Å². The van der Waals surface area contributed by atoms with Gasteiger partial charge in [-0.15, -0.1) is 0 Å². The molecule has 1 N–H and O–H groups in total. The SMILES string of the molecule is CCCNC(c1cccc(CC)c1)C1CC2CC2C1. The van der Waals surface area contributed by atoms with Crippen LogP contribution in [0.5, 0.6) is 0 Å². The van der Waals surface area contributed by atoms with Gasteiger partial charge in [0.05, 0.1) is 0 Å². The average Bonchev–Trinajstić information content (AvgIpc) is 3.06. The summed E-state index contributed by atoms with van der Waals surface area (Å²) >= 11 is 0. The van der Waals surface area contributed by atoms with Crippen LogP contribution in [-0.2, 0) is 6.42 Å². The molecule has 0 radical (unpaired) electrons. The summed E-state index contributed by atoms with van der Waals surface area (Å²) in [6, 6.07) is 9.85. The maximum atomic E-state index is 3.82. The van der Waals surface area contributed by atoms with Crippen molar-refractivity contribution in [1.29, 1.82) is 0 Å². The second-order valence-corrected chi connectivity index (χ2v) is 6.52. The molecule has 3 unspecified atom stereocenters. The number of hydrogen-bond acceptors (Lipinski definition) is 1. The van der Waals surface area contributed by atoms with Gasteiger partial charge < -0.3 is 5.32 Å². The molecule has 0 amide bonds. The first-order chi connectivity index (χ1) is 9.31. The van der Waals surface area contributed by atoms with E-state index in [4.69, 9.17) is 0 Å². The van der Waals surface area contributed by atoms with E-state index in [0.29, 0.717) is 6.04 Å². The van der Waals surface area contributed by atoms with E-state index >= 15 is 0 Å². The summed E-state index contributed by atoms with van der Waals surface area (Å²) in [5.74, 6) is 3.03. The van der Waals surface area contributed by atoms with Gasteiger partial charge in [0, 0.05) is 6.04 Å². The Bertz CT molecular complexity index is 415. The normalized spacial score (nSPS) is 30.1. The van der Waals surface area contributed by atoms with Gasteiger partial charge in [-0.1, -0.05) is 38.1 Å². The van der Waals surface area contributed by atoms with Gasteiger partial charge in [-0.3, -0.25) is 0 Å². The molecular formula is C18H27N. The minimum atomic E-state index is 0.597. The molecule has 1 aromatic rings. The molecular weight excluding hydrogens is 230 g/mol. The van der Waals surface area contributed by atoms with Gasteiger partial charge in [-0.25, -0.2) is 0 Å². The molecule has 2 saturated carbocycles. The lowest BCUT2D eigenvalue weighted by Gasteiger charge is -2.27. The van der Waals surface area contributed by atoms with Crippen LogP contribution in [0.4, 0.5) is 0 Å². The van der Waals surface area contributed by atoms with Crippen molar-refractivity contribution in [3.05, 3.63) is 35.4 Å². The van der Waals surface area contributed by atoms with Crippen LogP contribution in [0, 0.1) is 17.8 Å². The van der Waals surface area contributed by atoms with Crippen molar-refractivity contribution in [2.45, 2.75) is 52.0 Å². The Balaban J connectivity index is 1.76. The fraction of sp³-hybridized carbons (Fsp3) is 0.667. The highest BCUT2D eigenvalue weighted by Crippen LogP contribution is 2.57. The maximum Gasteiger partial charge on any atom is 0.0348 e. The van der Waals surface area contributed by atoms with E-state index in [0.717, 1.165) is 30.7 Å². The Kier molecular flexibility index (Phi) is 3.93. The smallest absolute Gasteiger partial charge is 0.0348 e. The number of fused-ring (bicyclic) bond motifs is 1. The van der Waals surface area contributed by atoms with Gasteiger partial charge >= 0.3 is 0 Å². The molecule has 0 bridgehead atoms. The molecule has 0 aromatic heterocycles. The summed E-state index contributed by atoms with van der Waals surface area (Å²) in [5.41, 5.74) is 3.00. The first kappa shape index (κ1) is 13.2. The fourth-order valence-corrected chi connectivity index (χ4v) is 3.90. The summed E-state index contributed by atoms with van der Waals surface area (Å²) in [5, 5.41) is 3.82. The van der Waals surface area contributed by atoms with Gasteiger partial charge in [-0.2, -0.15) is 0 Å². The minimum Gasteiger partial charge on any atom is -0.310 e. The first-order valence-electron chi connectivity index (χ1n) is 8.14. The lowest BCUT2D eigenvalue weighted by Crippen LogP contribution is -2.28. The summed E-state index contributed by atoms with van der Waals surface area (Å²) in [6.07, 6.45) is 6.81. The first-order valence-corrected chi connectivity index (χ1v) is 8.14. The summed E-state index contributed by atoms with van der Waals surface area (Å²) in [7, 11) is 0. The Morgan fingerprint density at radius 3 is 2.63 bits per heavy atom. The van der Waals surface area contributed by atoms with Gasteiger partial charge in [0.25, 0.3) is 0 Å². The van der Waals surface area contributed by atoms with Crippen molar-refractivity contribution < 1.29 is 0 Å². The van der Waals surface area contributed by atoms with E-state index < -0.39 is 0 Å². The molecule has 104 valence electrons. The zero-order valence-corrected chi connectivity index (χ0v) is 12.4. The molecule has 1 nitrogen and oxygen atoms in total. The second kappa shape index (κ2) is 5.66. The summed E-state index contributed by atoms with van der Waals surface area (Å²) in [6.45, 7) is 5.66. The van der Waals surface area contributed by atoms with Crippen LogP contribution in [0.3, 0.4) is 0 Å². The van der Waals surface area contributed by atoms with E-state index in [1.807, 2.05) is 0 Å². The highest BCUT2D eigenvalue weighted by Gasteiger charge is 2.47. The highest BCUT2D eigenvalue weighted by molar-refractivity contribution is 5.27. The number of rotatable bonds is 6. The third-order valence-electron chi connectivity index (χ3n) is 5.08. The standard InChI is InChI=1S/C18H27N/c1-3-8-19-18(17-11-15-10-16(15)12-17)14-7-5-6-13(4-2)9-14/h5-7,9,15-19H,3-4,8,10-12H2,1-2H3. The molecule has 3 rings (SSSR count). The van der Waals surface area contributed by atoms with Crippen LogP contribution in [-0.4, -0.2) is 6.54 Å². The van der Waals surface area contributed by atoms with E-state index in [2.05, 4.69) is 43.4 Å². The monoisotopic (exact) mass is 257 g/mol. The lowest BCUT2D eigenvalue weighted by molar-refractivity contribution is 0.341. The zero-order valence-electron chi connectivity index (χ0n) is 12.4. The zero-order chi connectivity index (χ0) is 13.2. The number of aryl methyl sites for hydroxylation is 1. The number of nitrogens with one attached hydrogen (secondary N) is 1. The van der Waals surface area contributed by atoms with Gasteiger partial charge in [0.15, 0.2) is 0 Å². The predicted molar refractivity (Wildman–Crippen MR) is 81.2 cm³/mol. The molecule has 0 spiro atoms. The van der Waals surface area contributed by atoms with E-state index in [1.54, 1.807) is 0 Å². The maximum absolute atomic E-state index is 3.82. The number of benzene rings is 1. The molecule has 0 saturated heterocycles. The van der Waals surface area contributed by atoms with E-state index in [-0.39, 0.29) is 0 Å². The third-order valence-corrected chi connectivity index (χ3v) is 5.08. The predicted octanol–water partition coefficient (Wildman–Crippen LogP) is 4.34. The Labute approximate surface area is 117 Å². The third kappa shape index (κ3) is 2.86. The van der Waals surface area contributed by atoms with Crippen molar-refractivity contribution in [2.24, 2.45) is 17.8 Å². The second-order valence-electron chi connectivity index (χ2n) is 6.52. The van der Waals surface area contributed by atoms with E-state index in [9.17, 15) is 0 Å². The van der Waals surface area contributed by atoms with Gasteiger partial charge in [0.2, 0.25) is 0 Å². The van der Waals surface area contributed by atoms with Crippen LogP contribution in [0.1, 0.15) is 56.7 Å². The lowest BCUT2D eigenvalue weighted by atomic mass is 9.88. The van der Waals surface area contributed by atoms with Crippen molar-refractivity contribution in [2.75, 3.05) is 6.54 Å². The highest BCUT2D eigenvalue weighted by atomic mass is 14.9. The van der Waals surface area contributed by atoms with Crippen molar-refractivity contribution >= 4 is 0 Å². The average molecular weight is 257 g/mol. The molecule has 0 heterocycles. The fourth-order valence-electron chi connectivity index (χ4n) is 3.90. The molecule has 0 aliphatic heterocycles. The van der Waals surface area contributed by atoms with Crippen LogP contribution < -0.4 is 5.32 Å².